The van der Waals surface area contributed by atoms with Crippen molar-refractivity contribution in [2.24, 2.45) is 5.73 Å². The Morgan fingerprint density at radius 2 is 1.75 bits per heavy atom. The molecule has 2 aromatic rings. The highest BCUT2D eigenvalue weighted by Gasteiger charge is 2.04. The van der Waals surface area contributed by atoms with Crippen molar-refractivity contribution in [2.45, 2.75) is 6.54 Å². The lowest BCUT2D eigenvalue weighted by Crippen LogP contribution is -2.10. The van der Waals surface area contributed by atoms with Crippen LogP contribution in [0.4, 0.5) is 8.78 Å². The molecule has 0 aliphatic rings. The summed E-state index contributed by atoms with van der Waals surface area (Å²) in [6.07, 6.45) is 0. The Bertz CT molecular complexity index is 576. The summed E-state index contributed by atoms with van der Waals surface area (Å²) < 4.78 is 36.6. The molecule has 0 bridgehead atoms. The molecule has 20 heavy (non-hydrogen) atoms. The monoisotopic (exact) mass is 279 g/mol. The number of benzene rings is 2. The highest BCUT2D eigenvalue weighted by atomic mass is 19.1. The second kappa shape index (κ2) is 6.86. The number of hydrogen-bond donors (Lipinski definition) is 1. The molecule has 106 valence electrons. The van der Waals surface area contributed by atoms with E-state index in [-0.39, 0.29) is 19.0 Å². The Kier molecular flexibility index (Phi) is 4.90. The van der Waals surface area contributed by atoms with Crippen LogP contribution in [0.3, 0.4) is 0 Å². The van der Waals surface area contributed by atoms with E-state index in [1.54, 1.807) is 6.07 Å². The first kappa shape index (κ1) is 14.3. The molecule has 2 rings (SSSR count). The lowest BCUT2D eigenvalue weighted by Gasteiger charge is -2.09. The Morgan fingerprint density at radius 1 is 0.950 bits per heavy atom. The molecule has 3 nitrogen and oxygen atoms in total. The molecule has 0 saturated heterocycles. The van der Waals surface area contributed by atoms with Gasteiger partial charge in [0.2, 0.25) is 0 Å². The van der Waals surface area contributed by atoms with Crippen molar-refractivity contribution in [2.75, 3.05) is 13.2 Å². The first-order valence-electron chi connectivity index (χ1n) is 6.18. The van der Waals surface area contributed by atoms with E-state index in [9.17, 15) is 8.78 Å². The topological polar surface area (TPSA) is 44.5 Å². The van der Waals surface area contributed by atoms with E-state index in [2.05, 4.69) is 0 Å². The first-order chi connectivity index (χ1) is 9.69. The average molecular weight is 279 g/mol. The number of rotatable bonds is 6. The van der Waals surface area contributed by atoms with Gasteiger partial charge < -0.3 is 15.2 Å². The summed E-state index contributed by atoms with van der Waals surface area (Å²) in [5, 5.41) is 0. The quantitative estimate of drug-likeness (QED) is 0.827. The summed E-state index contributed by atoms with van der Waals surface area (Å²) in [5.41, 5.74) is 6.49. The Labute approximate surface area is 115 Å². The molecule has 0 fully saturated rings. The molecule has 0 aliphatic carbocycles. The minimum atomic E-state index is -0.727. The van der Waals surface area contributed by atoms with E-state index in [1.807, 2.05) is 18.2 Å². The van der Waals surface area contributed by atoms with Crippen LogP contribution in [-0.4, -0.2) is 13.2 Å². The van der Waals surface area contributed by atoms with Gasteiger partial charge in [0.15, 0.2) is 11.6 Å². The minimum absolute atomic E-state index is 0.00529. The van der Waals surface area contributed by atoms with Crippen molar-refractivity contribution >= 4 is 0 Å². The molecule has 0 amide bonds. The van der Waals surface area contributed by atoms with Gasteiger partial charge in [-0.25, -0.2) is 8.78 Å². The zero-order chi connectivity index (χ0) is 14.4. The maximum absolute atomic E-state index is 13.3. The van der Waals surface area contributed by atoms with Crippen LogP contribution in [0.25, 0.3) is 0 Å². The molecule has 0 radical (unpaired) electrons. The van der Waals surface area contributed by atoms with Gasteiger partial charge in [-0.2, -0.15) is 0 Å². The van der Waals surface area contributed by atoms with Crippen LogP contribution >= 0.6 is 0 Å². The fourth-order valence-electron chi connectivity index (χ4n) is 1.67. The van der Waals surface area contributed by atoms with Gasteiger partial charge in [-0.1, -0.05) is 12.1 Å². The molecule has 0 atom stereocenters. The van der Waals surface area contributed by atoms with Crippen LogP contribution in [-0.2, 0) is 6.54 Å². The average Bonchev–Trinajstić information content (AvgIpc) is 2.45. The summed E-state index contributed by atoms with van der Waals surface area (Å²) in [4.78, 5) is 0. The van der Waals surface area contributed by atoms with Gasteiger partial charge in [0.25, 0.3) is 0 Å². The summed E-state index contributed by atoms with van der Waals surface area (Å²) in [7, 11) is 0. The number of ether oxygens (including phenoxy) is 2. The van der Waals surface area contributed by atoms with Gasteiger partial charge in [-0.3, -0.25) is 0 Å². The Morgan fingerprint density at radius 3 is 2.50 bits per heavy atom. The van der Waals surface area contributed by atoms with E-state index in [0.717, 1.165) is 17.7 Å². The van der Waals surface area contributed by atoms with E-state index in [1.165, 1.54) is 6.07 Å². The van der Waals surface area contributed by atoms with Crippen molar-refractivity contribution in [3.05, 3.63) is 59.7 Å². The summed E-state index contributed by atoms with van der Waals surface area (Å²) in [6.45, 7) is 0.856. The van der Waals surface area contributed by atoms with Crippen molar-refractivity contribution < 1.29 is 18.3 Å². The Balaban J connectivity index is 1.81. The molecule has 0 saturated carbocycles. The zero-order valence-electron chi connectivity index (χ0n) is 10.8. The van der Waals surface area contributed by atoms with Gasteiger partial charge in [0, 0.05) is 12.6 Å². The Hall–Kier alpha value is -2.14. The van der Waals surface area contributed by atoms with Crippen LogP contribution < -0.4 is 15.2 Å². The molecule has 2 aromatic carbocycles. The van der Waals surface area contributed by atoms with Gasteiger partial charge in [0.1, 0.15) is 24.8 Å². The number of hydrogen-bond acceptors (Lipinski definition) is 3. The summed E-state index contributed by atoms with van der Waals surface area (Å²) >= 11 is 0. The number of halogens is 2. The molecule has 2 N–H and O–H groups in total. The predicted molar refractivity (Wildman–Crippen MR) is 71.7 cm³/mol. The predicted octanol–water partition coefficient (Wildman–Crippen LogP) is 2.88. The van der Waals surface area contributed by atoms with Crippen LogP contribution in [0.2, 0.25) is 0 Å². The van der Waals surface area contributed by atoms with Crippen molar-refractivity contribution in [1.29, 1.82) is 0 Å². The summed E-state index contributed by atoms with van der Waals surface area (Å²) in [6, 6.07) is 10.6. The normalized spacial score (nSPS) is 10.3. The third-order valence-corrected chi connectivity index (χ3v) is 2.64. The lowest BCUT2D eigenvalue weighted by atomic mass is 10.2. The molecule has 0 aliphatic heterocycles. The SMILES string of the molecule is NCc1cccc(OCCOc2ccc(F)cc2F)c1. The van der Waals surface area contributed by atoms with Crippen molar-refractivity contribution in [3.8, 4) is 11.5 Å². The van der Waals surface area contributed by atoms with E-state index < -0.39 is 11.6 Å². The standard InChI is InChI=1S/C15H15F2NO2/c16-12-4-5-15(14(17)9-12)20-7-6-19-13-3-1-2-11(8-13)10-18/h1-5,8-9H,6-7,10,18H2. The molecule has 5 heteroatoms. The third-order valence-electron chi connectivity index (χ3n) is 2.64. The molecular formula is C15H15F2NO2. The largest absolute Gasteiger partial charge is 0.490 e. The molecular weight excluding hydrogens is 264 g/mol. The van der Waals surface area contributed by atoms with Crippen molar-refractivity contribution in [3.63, 3.8) is 0 Å². The second-order valence-corrected chi connectivity index (χ2v) is 4.12. The lowest BCUT2D eigenvalue weighted by molar-refractivity contribution is 0.211. The molecule has 0 heterocycles. The fourth-order valence-corrected chi connectivity index (χ4v) is 1.67. The third kappa shape index (κ3) is 3.93. The minimum Gasteiger partial charge on any atom is -0.490 e. The van der Waals surface area contributed by atoms with Crippen LogP contribution in [0.1, 0.15) is 5.56 Å². The molecule has 0 unspecified atom stereocenters. The van der Waals surface area contributed by atoms with Gasteiger partial charge in [0.05, 0.1) is 0 Å². The molecule has 0 spiro atoms. The van der Waals surface area contributed by atoms with Gasteiger partial charge >= 0.3 is 0 Å². The van der Waals surface area contributed by atoms with Crippen LogP contribution in [0.5, 0.6) is 11.5 Å². The summed E-state index contributed by atoms with van der Waals surface area (Å²) in [5.74, 6) is -0.679. The fraction of sp³-hybridized carbons (Fsp3) is 0.200. The zero-order valence-corrected chi connectivity index (χ0v) is 10.8. The van der Waals surface area contributed by atoms with E-state index >= 15 is 0 Å². The van der Waals surface area contributed by atoms with Crippen molar-refractivity contribution in [1.82, 2.24) is 0 Å². The number of nitrogens with two attached hydrogens (primary N) is 1. The molecule has 0 aromatic heterocycles. The highest BCUT2D eigenvalue weighted by molar-refractivity contribution is 5.28. The maximum Gasteiger partial charge on any atom is 0.167 e. The van der Waals surface area contributed by atoms with Crippen LogP contribution in [0.15, 0.2) is 42.5 Å². The van der Waals surface area contributed by atoms with Gasteiger partial charge in [-0.15, -0.1) is 0 Å². The highest BCUT2D eigenvalue weighted by Crippen LogP contribution is 2.17. The first-order valence-corrected chi connectivity index (χ1v) is 6.18. The maximum atomic E-state index is 13.3. The van der Waals surface area contributed by atoms with Gasteiger partial charge in [-0.05, 0) is 29.8 Å². The second-order valence-electron chi connectivity index (χ2n) is 4.12. The van der Waals surface area contributed by atoms with Crippen LogP contribution in [0, 0.1) is 11.6 Å². The smallest absolute Gasteiger partial charge is 0.167 e. The van der Waals surface area contributed by atoms with E-state index in [4.69, 9.17) is 15.2 Å². The van der Waals surface area contributed by atoms with E-state index in [0.29, 0.717) is 12.3 Å².